The quantitative estimate of drug-likeness (QED) is 0.718. The topological polar surface area (TPSA) is 12.0 Å². The molecule has 0 spiro atoms. The summed E-state index contributed by atoms with van der Waals surface area (Å²) in [5, 5.41) is 3.51. The van der Waals surface area contributed by atoms with Crippen molar-refractivity contribution in [1.82, 2.24) is 5.32 Å². The molecule has 1 nitrogen and oxygen atoms in total. The molecule has 1 N–H and O–H groups in total. The fourth-order valence-electron chi connectivity index (χ4n) is 2.04. The molecule has 1 atom stereocenters. The summed E-state index contributed by atoms with van der Waals surface area (Å²) in [5.41, 5.74) is 2.83. The van der Waals surface area contributed by atoms with E-state index in [4.69, 9.17) is 6.42 Å². The van der Waals surface area contributed by atoms with Crippen molar-refractivity contribution in [3.8, 4) is 12.3 Å². The summed E-state index contributed by atoms with van der Waals surface area (Å²) in [4.78, 5) is 0. The molecule has 0 radical (unpaired) electrons. The molecule has 1 aromatic rings. The first-order valence-corrected chi connectivity index (χ1v) is 6.08. The van der Waals surface area contributed by atoms with E-state index in [1.54, 1.807) is 0 Å². The van der Waals surface area contributed by atoms with Crippen molar-refractivity contribution < 1.29 is 0 Å². The Morgan fingerprint density at radius 1 is 1.31 bits per heavy atom. The van der Waals surface area contributed by atoms with Crippen LogP contribution in [0.15, 0.2) is 24.3 Å². The lowest BCUT2D eigenvalue weighted by molar-refractivity contribution is 0.519. The van der Waals surface area contributed by atoms with Crippen LogP contribution in [0.2, 0.25) is 0 Å². The Kier molecular flexibility index (Phi) is 5.67. The summed E-state index contributed by atoms with van der Waals surface area (Å²) in [6.07, 6.45) is 8.27. The summed E-state index contributed by atoms with van der Waals surface area (Å²) < 4.78 is 0. The molecule has 0 saturated carbocycles. The Labute approximate surface area is 99.3 Å². The maximum absolute atomic E-state index is 5.34. The predicted octanol–water partition coefficient (Wildman–Crippen LogP) is 3.31. The zero-order valence-electron chi connectivity index (χ0n) is 10.3. The Balaban J connectivity index is 2.86. The molecule has 0 aliphatic carbocycles. The molecule has 1 unspecified atom stereocenters. The van der Waals surface area contributed by atoms with Crippen LogP contribution < -0.4 is 5.32 Å². The lowest BCUT2D eigenvalue weighted by Gasteiger charge is -2.20. The van der Waals surface area contributed by atoms with Crippen LogP contribution in [0, 0.1) is 12.3 Å². The Bertz CT molecular complexity index is 349. The standard InChI is InChI=1S/C15H21N/c1-4-7-12-15(16-6-3)14-11-9-8-10-13(14)5-2/h1,8-11,15-16H,5-7,12H2,2-3H3. The van der Waals surface area contributed by atoms with Gasteiger partial charge in [-0.3, -0.25) is 0 Å². The summed E-state index contributed by atoms with van der Waals surface area (Å²) in [5.74, 6) is 2.72. The number of benzene rings is 1. The Hall–Kier alpha value is -1.26. The minimum Gasteiger partial charge on any atom is -0.310 e. The van der Waals surface area contributed by atoms with Gasteiger partial charge in [0.1, 0.15) is 0 Å². The van der Waals surface area contributed by atoms with E-state index in [1.165, 1.54) is 11.1 Å². The van der Waals surface area contributed by atoms with E-state index in [2.05, 4.69) is 49.4 Å². The van der Waals surface area contributed by atoms with Crippen LogP contribution in [-0.4, -0.2) is 6.54 Å². The average molecular weight is 215 g/mol. The first-order chi connectivity index (χ1) is 7.83. The summed E-state index contributed by atoms with van der Waals surface area (Å²) in [6, 6.07) is 9.02. The van der Waals surface area contributed by atoms with Gasteiger partial charge in [0.05, 0.1) is 0 Å². The molecule has 16 heavy (non-hydrogen) atoms. The summed E-state index contributed by atoms with van der Waals surface area (Å²) >= 11 is 0. The molecule has 0 bridgehead atoms. The van der Waals surface area contributed by atoms with Gasteiger partial charge in [0.15, 0.2) is 0 Å². The largest absolute Gasteiger partial charge is 0.310 e. The number of terminal acetylenes is 1. The highest BCUT2D eigenvalue weighted by Crippen LogP contribution is 2.22. The van der Waals surface area contributed by atoms with E-state index in [0.717, 1.165) is 25.8 Å². The van der Waals surface area contributed by atoms with E-state index in [1.807, 2.05) is 0 Å². The molecule has 0 aliphatic heterocycles. The number of nitrogens with one attached hydrogen (secondary N) is 1. The molecule has 1 aromatic carbocycles. The minimum atomic E-state index is 0.400. The molecule has 0 heterocycles. The van der Waals surface area contributed by atoms with Crippen LogP contribution in [-0.2, 0) is 6.42 Å². The Morgan fingerprint density at radius 2 is 2.06 bits per heavy atom. The molecule has 0 aliphatic rings. The first-order valence-electron chi connectivity index (χ1n) is 6.08. The zero-order chi connectivity index (χ0) is 11.8. The number of rotatable bonds is 6. The molecule has 86 valence electrons. The van der Waals surface area contributed by atoms with Crippen molar-refractivity contribution in [2.24, 2.45) is 0 Å². The number of hydrogen-bond donors (Lipinski definition) is 1. The lowest BCUT2D eigenvalue weighted by Crippen LogP contribution is -2.21. The third kappa shape index (κ3) is 3.40. The van der Waals surface area contributed by atoms with E-state index >= 15 is 0 Å². The van der Waals surface area contributed by atoms with Crippen LogP contribution in [0.5, 0.6) is 0 Å². The monoisotopic (exact) mass is 215 g/mol. The smallest absolute Gasteiger partial charge is 0.0331 e. The van der Waals surface area contributed by atoms with Gasteiger partial charge in [-0.1, -0.05) is 38.1 Å². The van der Waals surface area contributed by atoms with Gasteiger partial charge >= 0.3 is 0 Å². The highest BCUT2D eigenvalue weighted by molar-refractivity contribution is 5.30. The van der Waals surface area contributed by atoms with E-state index in [-0.39, 0.29) is 0 Å². The molecular weight excluding hydrogens is 194 g/mol. The van der Waals surface area contributed by atoms with Crippen LogP contribution in [0.4, 0.5) is 0 Å². The maximum Gasteiger partial charge on any atom is 0.0331 e. The molecule has 0 aromatic heterocycles. The van der Waals surface area contributed by atoms with E-state index < -0.39 is 0 Å². The highest BCUT2D eigenvalue weighted by atomic mass is 14.9. The van der Waals surface area contributed by atoms with Crippen LogP contribution >= 0.6 is 0 Å². The normalized spacial score (nSPS) is 12.1. The fraction of sp³-hybridized carbons (Fsp3) is 0.467. The van der Waals surface area contributed by atoms with Gasteiger partial charge < -0.3 is 5.32 Å². The number of hydrogen-bond acceptors (Lipinski definition) is 1. The van der Waals surface area contributed by atoms with Crippen LogP contribution in [0.1, 0.15) is 43.9 Å². The van der Waals surface area contributed by atoms with Gasteiger partial charge in [-0.05, 0) is 30.5 Å². The van der Waals surface area contributed by atoms with Gasteiger partial charge in [0.2, 0.25) is 0 Å². The average Bonchev–Trinajstić information content (AvgIpc) is 2.34. The van der Waals surface area contributed by atoms with Gasteiger partial charge in [-0.2, -0.15) is 0 Å². The second kappa shape index (κ2) is 7.09. The molecule has 0 amide bonds. The van der Waals surface area contributed by atoms with Gasteiger partial charge in [0.25, 0.3) is 0 Å². The minimum absolute atomic E-state index is 0.400. The van der Waals surface area contributed by atoms with Crippen molar-refractivity contribution >= 4 is 0 Å². The third-order valence-corrected chi connectivity index (χ3v) is 2.84. The van der Waals surface area contributed by atoms with E-state index in [0.29, 0.717) is 6.04 Å². The molecular formula is C15H21N. The second-order valence-electron chi connectivity index (χ2n) is 3.91. The zero-order valence-corrected chi connectivity index (χ0v) is 10.3. The Morgan fingerprint density at radius 3 is 2.69 bits per heavy atom. The van der Waals surface area contributed by atoms with E-state index in [9.17, 15) is 0 Å². The molecule has 1 heteroatoms. The van der Waals surface area contributed by atoms with Gasteiger partial charge in [-0.15, -0.1) is 12.3 Å². The summed E-state index contributed by atoms with van der Waals surface area (Å²) in [7, 11) is 0. The third-order valence-electron chi connectivity index (χ3n) is 2.84. The van der Waals surface area contributed by atoms with Gasteiger partial charge in [0, 0.05) is 12.5 Å². The van der Waals surface area contributed by atoms with Crippen LogP contribution in [0.3, 0.4) is 0 Å². The first kappa shape index (κ1) is 12.8. The number of aryl methyl sites for hydroxylation is 1. The molecule has 0 saturated heterocycles. The molecule has 0 fully saturated rings. The highest BCUT2D eigenvalue weighted by Gasteiger charge is 2.12. The van der Waals surface area contributed by atoms with Crippen molar-refractivity contribution in [1.29, 1.82) is 0 Å². The summed E-state index contributed by atoms with van der Waals surface area (Å²) in [6.45, 7) is 5.31. The van der Waals surface area contributed by atoms with Crippen LogP contribution in [0.25, 0.3) is 0 Å². The van der Waals surface area contributed by atoms with Gasteiger partial charge in [-0.25, -0.2) is 0 Å². The van der Waals surface area contributed by atoms with Crippen molar-refractivity contribution in [3.05, 3.63) is 35.4 Å². The molecule has 1 rings (SSSR count). The SMILES string of the molecule is C#CCCC(NCC)c1ccccc1CC. The fourth-order valence-corrected chi connectivity index (χ4v) is 2.04. The second-order valence-corrected chi connectivity index (χ2v) is 3.91. The lowest BCUT2D eigenvalue weighted by atomic mass is 9.95. The van der Waals surface area contributed by atoms with Crippen molar-refractivity contribution in [3.63, 3.8) is 0 Å². The van der Waals surface area contributed by atoms with Crippen molar-refractivity contribution in [2.75, 3.05) is 6.54 Å². The predicted molar refractivity (Wildman–Crippen MR) is 70.3 cm³/mol. The maximum atomic E-state index is 5.34. The van der Waals surface area contributed by atoms with Crippen molar-refractivity contribution in [2.45, 2.75) is 39.2 Å².